The maximum atomic E-state index is 9.98. The second-order valence-corrected chi connectivity index (χ2v) is 14.4. The molecule has 0 atom stereocenters. The van der Waals surface area contributed by atoms with Crippen molar-refractivity contribution in [1.82, 2.24) is 9.13 Å². The molecule has 266 valence electrons. The van der Waals surface area contributed by atoms with E-state index in [9.17, 15) is 11.0 Å². The molecule has 3 heteroatoms. The van der Waals surface area contributed by atoms with E-state index in [0.29, 0.717) is 5.69 Å². The molecule has 0 amide bonds. The highest BCUT2D eigenvalue weighted by Gasteiger charge is 2.18. The minimum absolute atomic E-state index is 0.00126. The minimum atomic E-state index is -0.688. The number of thiophene rings is 1. The van der Waals surface area contributed by atoms with Crippen LogP contribution in [0.4, 0.5) is 0 Å². The Labute approximate surface area is 361 Å². The average molecular weight is 763 g/mol. The lowest BCUT2D eigenvalue weighted by molar-refractivity contribution is 1.18. The van der Waals surface area contributed by atoms with Crippen LogP contribution < -0.4 is 0 Å². The van der Waals surface area contributed by atoms with Gasteiger partial charge in [0.25, 0.3) is 0 Å². The number of aromatic nitrogens is 2. The van der Waals surface area contributed by atoms with E-state index in [1.807, 2.05) is 42.5 Å². The Morgan fingerprint density at radius 2 is 1.09 bits per heavy atom. The van der Waals surface area contributed by atoms with E-state index in [1.165, 1.54) is 39.5 Å². The van der Waals surface area contributed by atoms with Crippen molar-refractivity contribution in [1.29, 1.82) is 0 Å². The number of nitrogens with zero attached hydrogens (tertiary/aromatic N) is 2. The first-order valence-corrected chi connectivity index (χ1v) is 18.7. The molecular weight excluding hydrogens is 709 g/mol. The van der Waals surface area contributed by atoms with Crippen LogP contribution in [0.3, 0.4) is 0 Å². The van der Waals surface area contributed by atoms with E-state index < -0.39 is 109 Å². The van der Waals surface area contributed by atoms with Crippen LogP contribution in [0, 0.1) is 0 Å². The third kappa shape index (κ3) is 5.03. The summed E-state index contributed by atoms with van der Waals surface area (Å²) in [6.07, 6.45) is 0. The zero-order valence-electron chi connectivity index (χ0n) is 49.4. The van der Waals surface area contributed by atoms with Crippen molar-refractivity contribution in [2.75, 3.05) is 0 Å². The number of hydrogen-bond acceptors (Lipinski definition) is 1. The van der Waals surface area contributed by atoms with Crippen molar-refractivity contribution in [3.05, 3.63) is 206 Å². The van der Waals surface area contributed by atoms with E-state index in [0.717, 1.165) is 22.5 Å². The Bertz CT molecular complexity index is 4680. The Hall–Kier alpha value is -7.20. The van der Waals surface area contributed by atoms with Crippen LogP contribution in [0.2, 0.25) is 0 Å². The third-order valence-corrected chi connectivity index (χ3v) is 11.3. The molecule has 0 saturated heterocycles. The van der Waals surface area contributed by atoms with Gasteiger partial charge in [-0.3, -0.25) is 0 Å². The Morgan fingerprint density at radius 3 is 1.93 bits per heavy atom. The number of para-hydroxylation sites is 2. The monoisotopic (exact) mass is 762 g/mol. The van der Waals surface area contributed by atoms with Gasteiger partial charge in [0.1, 0.15) is 0 Å². The first-order chi connectivity index (χ1) is 36.6. The third-order valence-electron chi connectivity index (χ3n) is 10.2. The summed E-state index contributed by atoms with van der Waals surface area (Å²) in [7, 11) is 0. The van der Waals surface area contributed by atoms with Gasteiger partial charge in [-0.2, -0.15) is 0 Å². The van der Waals surface area contributed by atoms with Gasteiger partial charge in [0.2, 0.25) is 0 Å². The maximum absolute atomic E-state index is 9.98. The first-order valence-electron chi connectivity index (χ1n) is 27.9. The van der Waals surface area contributed by atoms with Crippen molar-refractivity contribution >= 4 is 75.1 Å². The molecule has 0 saturated carbocycles. The first kappa shape index (κ1) is 18.2. The number of fused-ring (bicyclic) bond motifs is 9. The molecular formula is C54H34N2S. The summed E-state index contributed by atoms with van der Waals surface area (Å²) in [5, 5.41) is 0.0131. The van der Waals surface area contributed by atoms with Gasteiger partial charge in [-0.25, -0.2) is 0 Å². The molecule has 0 aliphatic rings. The van der Waals surface area contributed by atoms with Crippen molar-refractivity contribution in [3.8, 4) is 44.8 Å². The molecule has 0 radical (unpaired) electrons. The van der Waals surface area contributed by atoms with Gasteiger partial charge in [-0.05, 0) is 106 Å². The van der Waals surface area contributed by atoms with E-state index >= 15 is 0 Å². The zero-order valence-corrected chi connectivity index (χ0v) is 30.2. The molecule has 0 bridgehead atoms. The quantitative estimate of drug-likeness (QED) is 0.165. The van der Waals surface area contributed by atoms with Gasteiger partial charge in [-0.15, -0.1) is 11.3 Å². The summed E-state index contributed by atoms with van der Waals surface area (Å²) < 4.78 is 185. The standard InChI is InChI=1S/C54H34N2S/c1-3-12-35(13-4-1)36-22-26-40(27-23-36)55-48-19-9-7-16-43(48)45-32-38(24-29-50(45)55)39-25-30-51-46(33-39)44-17-8-10-20-49(44)56(51)41-28-31-52-47(34-41)54-42(18-11-21-53(54)57-52)37-14-5-2-6-15-37/h1-34H/i2D,5D,7D,8D,9D,10D,11D,14D,16D,17D,18D,19D,20D,21D,24D,25D,28D,29D,31D,33D. The minimum Gasteiger partial charge on any atom is -0.309 e. The summed E-state index contributed by atoms with van der Waals surface area (Å²) in [6.45, 7) is 0. The van der Waals surface area contributed by atoms with E-state index in [-0.39, 0.29) is 104 Å². The summed E-state index contributed by atoms with van der Waals surface area (Å²) in [6, 6.07) is 13.5. The normalized spacial score (nSPS) is 16.8. The van der Waals surface area contributed by atoms with Crippen molar-refractivity contribution in [2.24, 2.45) is 0 Å². The highest BCUT2D eigenvalue weighted by atomic mass is 32.1. The summed E-state index contributed by atoms with van der Waals surface area (Å²) >= 11 is 0.897. The Balaban J connectivity index is 1.17. The van der Waals surface area contributed by atoms with Gasteiger partial charge >= 0.3 is 0 Å². The number of hydrogen-bond donors (Lipinski definition) is 0. The second kappa shape index (κ2) is 12.7. The van der Waals surface area contributed by atoms with Crippen LogP contribution in [-0.2, 0) is 0 Å². The van der Waals surface area contributed by atoms with Crippen LogP contribution in [0.25, 0.3) is 109 Å². The van der Waals surface area contributed by atoms with E-state index in [4.69, 9.17) is 16.4 Å². The summed E-state index contributed by atoms with van der Waals surface area (Å²) in [5.74, 6) is 0. The molecule has 2 nitrogen and oxygen atoms in total. The highest BCUT2D eigenvalue weighted by molar-refractivity contribution is 7.26. The van der Waals surface area contributed by atoms with Crippen LogP contribution >= 0.6 is 11.3 Å². The predicted molar refractivity (Wildman–Crippen MR) is 244 cm³/mol. The van der Waals surface area contributed by atoms with Gasteiger partial charge in [-0.1, -0.05) is 133 Å². The predicted octanol–water partition coefficient (Wildman–Crippen LogP) is 15.2. The molecule has 0 spiro atoms. The summed E-state index contributed by atoms with van der Waals surface area (Å²) in [4.78, 5) is 0. The molecule has 0 N–H and O–H groups in total. The van der Waals surface area contributed by atoms with Gasteiger partial charge in [0.05, 0.1) is 49.5 Å². The molecule has 12 aromatic rings. The molecule has 3 aromatic heterocycles. The largest absolute Gasteiger partial charge is 0.309 e. The van der Waals surface area contributed by atoms with E-state index in [2.05, 4.69) is 0 Å². The molecule has 0 aliphatic carbocycles. The van der Waals surface area contributed by atoms with Crippen LogP contribution in [0.15, 0.2) is 206 Å². The smallest absolute Gasteiger partial charge is 0.0645 e. The fourth-order valence-electron chi connectivity index (χ4n) is 7.69. The number of benzene rings is 9. The van der Waals surface area contributed by atoms with Crippen molar-refractivity contribution in [3.63, 3.8) is 0 Å². The van der Waals surface area contributed by atoms with Crippen LogP contribution in [0.1, 0.15) is 27.4 Å². The van der Waals surface area contributed by atoms with Crippen molar-refractivity contribution in [2.45, 2.75) is 0 Å². The van der Waals surface area contributed by atoms with E-state index in [1.54, 1.807) is 12.1 Å². The average Bonchev–Trinajstić information content (AvgIpc) is 4.23. The molecule has 0 unspecified atom stereocenters. The lowest BCUT2D eigenvalue weighted by atomic mass is 9.99. The highest BCUT2D eigenvalue weighted by Crippen LogP contribution is 2.43. The summed E-state index contributed by atoms with van der Waals surface area (Å²) in [5.41, 5.74) is 1.26. The molecule has 12 rings (SSSR count). The zero-order chi connectivity index (χ0) is 54.9. The molecule has 57 heavy (non-hydrogen) atoms. The van der Waals surface area contributed by atoms with Crippen molar-refractivity contribution < 1.29 is 27.4 Å². The molecule has 0 aliphatic heterocycles. The Kier molecular flexibility index (Phi) is 4.04. The van der Waals surface area contributed by atoms with Crippen LogP contribution in [0.5, 0.6) is 0 Å². The molecule has 0 fully saturated rings. The fourth-order valence-corrected chi connectivity index (χ4v) is 8.68. The molecule has 9 aromatic carbocycles. The van der Waals surface area contributed by atoms with Gasteiger partial charge < -0.3 is 9.13 Å². The fraction of sp³-hybridized carbons (Fsp3) is 0. The second-order valence-electron chi connectivity index (χ2n) is 13.4. The SMILES string of the molecule is [2H]c1ccc(-c2c([2H])c([2H])c([2H])c3sc4c([2H])c([2H])c(-n5c6cc([2H])c(-c7cc8c9c([2H])c([2H])c([2H])c([2H])c9n(-c9ccc(-c%10ccccc%10)cc9)c8c([2H])c7[2H])c([2H])c6c6c([2H])c([2H])c([2H])c([2H])c65)cc4c23)c([2H])c1[2H]. The molecule has 3 heterocycles. The van der Waals surface area contributed by atoms with Crippen LogP contribution in [-0.4, -0.2) is 9.13 Å². The topological polar surface area (TPSA) is 9.86 Å². The maximum Gasteiger partial charge on any atom is 0.0645 e. The van der Waals surface area contributed by atoms with Gasteiger partial charge in [0, 0.05) is 53.1 Å². The number of rotatable bonds is 5. The lowest BCUT2D eigenvalue weighted by Crippen LogP contribution is -1.94. The van der Waals surface area contributed by atoms with Gasteiger partial charge in [0.15, 0.2) is 0 Å². The Morgan fingerprint density at radius 1 is 0.368 bits per heavy atom. The lowest BCUT2D eigenvalue weighted by Gasteiger charge is -2.11.